The molecule has 0 rings (SSSR count). The fraction of sp³-hybridized carbons (Fsp3) is 0.938. The minimum Gasteiger partial charge on any atom is -0.550 e. The Morgan fingerprint density at radius 2 is 0.425 bits per heavy atom. The maximum atomic E-state index is 12.5. The van der Waals surface area contributed by atoms with Crippen molar-refractivity contribution >= 4 is 23.9 Å². The fourth-order valence-corrected chi connectivity index (χ4v) is 9.88. The molecule has 0 spiro atoms. The van der Waals surface area contributed by atoms with Crippen LogP contribution in [0.4, 0.5) is 0 Å². The average molecular weight is 1090 g/mol. The van der Waals surface area contributed by atoms with Gasteiger partial charge in [0.1, 0.15) is 12.2 Å². The summed E-state index contributed by atoms with van der Waals surface area (Å²) in [7, 11) is 0. The number of unbranched alkanes of at least 4 members (excludes halogenated alkanes) is 40. The molecule has 73 heavy (non-hydrogen) atoms. The smallest absolute Gasteiger partial charge is 0.550 e. The second-order valence-corrected chi connectivity index (χ2v) is 22.0. The molecule has 0 aromatic carbocycles. The molecule has 0 N–H and O–H groups in total. The number of rotatable bonds is 58. The SMILES string of the molecule is CCCCCCCCCCCCCC(=O)OC(CCCCCCCC)CCCCCCCCC(=O)[O-].CCCCCCCCCCCCCC(=O)OC(CCCCCCCC)CCCCCCCCC(=O)[O-].[Zn+2]. The second kappa shape index (κ2) is 64.8. The fourth-order valence-electron chi connectivity index (χ4n) is 9.88. The number of ether oxygens (including phenoxy) is 2. The summed E-state index contributed by atoms with van der Waals surface area (Å²) in [5, 5.41) is 21.0. The maximum Gasteiger partial charge on any atom is 2.00 e. The van der Waals surface area contributed by atoms with Gasteiger partial charge in [0.05, 0.1) is 0 Å². The van der Waals surface area contributed by atoms with Crippen molar-refractivity contribution in [1.29, 1.82) is 0 Å². The summed E-state index contributed by atoms with van der Waals surface area (Å²) in [6.07, 6.45) is 61.5. The average Bonchev–Trinajstić information content (AvgIpc) is 3.35. The van der Waals surface area contributed by atoms with Gasteiger partial charge < -0.3 is 29.3 Å². The van der Waals surface area contributed by atoms with E-state index in [4.69, 9.17) is 9.47 Å². The van der Waals surface area contributed by atoms with Crippen LogP contribution in [0.15, 0.2) is 0 Å². The van der Waals surface area contributed by atoms with Crippen LogP contribution < -0.4 is 10.2 Å². The third kappa shape index (κ3) is 66.6. The van der Waals surface area contributed by atoms with E-state index in [2.05, 4.69) is 27.7 Å². The van der Waals surface area contributed by atoms with Crippen LogP contribution in [0.1, 0.15) is 374 Å². The van der Waals surface area contributed by atoms with Crippen LogP contribution in [0.3, 0.4) is 0 Å². The van der Waals surface area contributed by atoms with Gasteiger partial charge in [0, 0.05) is 24.8 Å². The van der Waals surface area contributed by atoms with Crippen molar-refractivity contribution in [2.24, 2.45) is 0 Å². The largest absolute Gasteiger partial charge is 2.00 e. The first-order chi connectivity index (χ1) is 35.2. The Morgan fingerprint density at radius 1 is 0.260 bits per heavy atom. The molecular formula is C64H122O8Zn. The third-order valence-corrected chi connectivity index (χ3v) is 14.6. The minimum atomic E-state index is -0.942. The van der Waals surface area contributed by atoms with Gasteiger partial charge in [-0.3, -0.25) is 9.59 Å². The van der Waals surface area contributed by atoms with Gasteiger partial charge in [-0.1, -0.05) is 272 Å². The molecule has 9 heteroatoms. The van der Waals surface area contributed by atoms with Crippen LogP contribution in [0.5, 0.6) is 0 Å². The van der Waals surface area contributed by atoms with E-state index >= 15 is 0 Å². The quantitative estimate of drug-likeness (QED) is 0.0334. The summed E-state index contributed by atoms with van der Waals surface area (Å²) in [5.74, 6) is -1.88. The van der Waals surface area contributed by atoms with E-state index in [1.807, 2.05) is 0 Å². The molecule has 0 aliphatic heterocycles. The number of esters is 2. The first-order valence-corrected chi connectivity index (χ1v) is 32.0. The molecule has 0 aromatic heterocycles. The molecule has 0 aromatic rings. The van der Waals surface area contributed by atoms with Gasteiger partial charge in [-0.05, 0) is 89.9 Å². The molecule has 0 heterocycles. The Bertz CT molecular complexity index is 1050. The predicted molar refractivity (Wildman–Crippen MR) is 302 cm³/mol. The first kappa shape index (κ1) is 75.7. The molecule has 0 saturated heterocycles. The second-order valence-electron chi connectivity index (χ2n) is 22.0. The topological polar surface area (TPSA) is 133 Å². The number of carboxylic acid groups (broad SMARTS) is 2. The summed E-state index contributed by atoms with van der Waals surface area (Å²) in [5.41, 5.74) is 0. The van der Waals surface area contributed by atoms with Gasteiger partial charge in [-0.15, -0.1) is 0 Å². The summed E-state index contributed by atoms with van der Waals surface area (Å²) >= 11 is 0. The van der Waals surface area contributed by atoms with E-state index in [0.29, 0.717) is 12.8 Å². The van der Waals surface area contributed by atoms with Gasteiger partial charge in [-0.25, -0.2) is 0 Å². The molecule has 0 fully saturated rings. The summed E-state index contributed by atoms with van der Waals surface area (Å²) in [6, 6.07) is 0. The van der Waals surface area contributed by atoms with Crippen LogP contribution in [0.25, 0.3) is 0 Å². The van der Waals surface area contributed by atoms with Crippen LogP contribution in [0, 0.1) is 0 Å². The van der Waals surface area contributed by atoms with Crippen molar-refractivity contribution in [2.75, 3.05) is 0 Å². The van der Waals surface area contributed by atoms with Gasteiger partial charge in [0.25, 0.3) is 0 Å². The number of hydrogen-bond acceptors (Lipinski definition) is 8. The molecule has 8 nitrogen and oxygen atoms in total. The Balaban J connectivity index is -0.00000132. The monoisotopic (exact) mass is 1080 g/mol. The number of carbonyl (C=O) groups is 4. The molecule has 0 aliphatic carbocycles. The van der Waals surface area contributed by atoms with Crippen molar-refractivity contribution in [2.45, 2.75) is 387 Å². The van der Waals surface area contributed by atoms with Crippen molar-refractivity contribution in [1.82, 2.24) is 0 Å². The molecule has 0 radical (unpaired) electrons. The van der Waals surface area contributed by atoms with Crippen molar-refractivity contribution in [3.8, 4) is 0 Å². The van der Waals surface area contributed by atoms with Crippen molar-refractivity contribution in [3.63, 3.8) is 0 Å². The Hall–Kier alpha value is -1.50. The third-order valence-electron chi connectivity index (χ3n) is 14.6. The van der Waals surface area contributed by atoms with Crippen molar-refractivity contribution in [3.05, 3.63) is 0 Å². The molecule has 0 aliphatic rings. The number of carboxylic acids is 2. The summed E-state index contributed by atoms with van der Waals surface area (Å²) in [6.45, 7) is 9.02. The number of hydrogen-bond donors (Lipinski definition) is 0. The van der Waals surface area contributed by atoms with E-state index in [1.165, 1.54) is 180 Å². The summed E-state index contributed by atoms with van der Waals surface area (Å²) < 4.78 is 11.9. The molecule has 2 atom stereocenters. The summed E-state index contributed by atoms with van der Waals surface area (Å²) in [4.78, 5) is 45.9. The van der Waals surface area contributed by atoms with Gasteiger partial charge in [0.15, 0.2) is 0 Å². The Kier molecular flexibility index (Phi) is 67.2. The van der Waals surface area contributed by atoms with Crippen LogP contribution >= 0.6 is 0 Å². The van der Waals surface area contributed by atoms with Gasteiger partial charge >= 0.3 is 31.4 Å². The van der Waals surface area contributed by atoms with Crippen molar-refractivity contribution < 1.29 is 58.3 Å². The first-order valence-electron chi connectivity index (χ1n) is 32.0. The van der Waals surface area contributed by atoms with E-state index in [0.717, 1.165) is 141 Å². The molecule has 0 bridgehead atoms. The van der Waals surface area contributed by atoms with E-state index < -0.39 is 11.9 Å². The van der Waals surface area contributed by atoms with Crippen LogP contribution in [-0.4, -0.2) is 36.1 Å². The number of aliphatic carboxylic acids is 2. The predicted octanol–water partition coefficient (Wildman–Crippen LogP) is 18.4. The van der Waals surface area contributed by atoms with Crippen LogP contribution in [-0.2, 0) is 48.1 Å². The maximum absolute atomic E-state index is 12.5. The minimum absolute atomic E-state index is 0. The number of carbonyl (C=O) groups excluding carboxylic acids is 4. The van der Waals surface area contributed by atoms with Crippen LogP contribution in [0.2, 0.25) is 0 Å². The zero-order valence-corrected chi connectivity index (χ0v) is 52.3. The molecule has 2 unspecified atom stereocenters. The van der Waals surface area contributed by atoms with E-state index in [-0.39, 0.29) is 56.5 Å². The molecule has 428 valence electrons. The van der Waals surface area contributed by atoms with Gasteiger partial charge in [0.2, 0.25) is 0 Å². The molecule has 0 amide bonds. The van der Waals surface area contributed by atoms with Gasteiger partial charge in [-0.2, -0.15) is 0 Å². The normalized spacial score (nSPS) is 11.9. The molecule has 0 saturated carbocycles. The van der Waals surface area contributed by atoms with E-state index in [9.17, 15) is 29.4 Å². The zero-order valence-electron chi connectivity index (χ0n) is 49.3. The standard InChI is InChI=1S/2C32H62O4.Zn/c2*1-3-5-7-9-11-12-13-14-15-21-25-29-32(35)36-30(26-22-18-10-8-6-4-2)27-23-19-16-17-20-24-28-31(33)34;/h2*30H,3-29H2,1-2H3,(H,33,34);/q;;+2/p-2. The molecular weight excluding hydrogens is 962 g/mol. The van der Waals surface area contributed by atoms with E-state index in [1.54, 1.807) is 0 Å². The Labute approximate surface area is 466 Å². The zero-order chi connectivity index (χ0) is 53.1. The Morgan fingerprint density at radius 3 is 0.616 bits per heavy atom.